The Morgan fingerprint density at radius 1 is 1.48 bits per heavy atom. The van der Waals surface area contributed by atoms with E-state index in [2.05, 4.69) is 5.32 Å². The number of nitrogens with zero attached hydrogens (tertiary/aromatic N) is 1. The van der Waals surface area contributed by atoms with Gasteiger partial charge >= 0.3 is 0 Å². The van der Waals surface area contributed by atoms with E-state index in [1.807, 2.05) is 0 Å². The molecular formula is C15H23ClN2O3. The molecule has 0 heterocycles. The maximum atomic E-state index is 12.0. The van der Waals surface area contributed by atoms with E-state index in [9.17, 15) is 9.90 Å². The zero-order valence-corrected chi connectivity index (χ0v) is 13.3. The summed E-state index contributed by atoms with van der Waals surface area (Å²) in [4.78, 5) is 13.6. The summed E-state index contributed by atoms with van der Waals surface area (Å²) in [7, 11) is 3.29. The second-order valence-corrected chi connectivity index (χ2v) is 5.33. The molecule has 0 aromatic heterocycles. The fourth-order valence-corrected chi connectivity index (χ4v) is 2.02. The van der Waals surface area contributed by atoms with E-state index in [-0.39, 0.29) is 24.1 Å². The number of nitrogens with one attached hydrogen (secondary N) is 1. The van der Waals surface area contributed by atoms with Gasteiger partial charge in [0.2, 0.25) is 5.91 Å². The third-order valence-electron chi connectivity index (χ3n) is 3.50. The van der Waals surface area contributed by atoms with Crippen LogP contribution >= 0.6 is 12.4 Å². The Bertz CT molecular complexity index is 478. The van der Waals surface area contributed by atoms with E-state index in [1.54, 1.807) is 30.1 Å². The lowest BCUT2D eigenvalue weighted by Gasteiger charge is -2.18. The van der Waals surface area contributed by atoms with Crippen molar-refractivity contribution < 1.29 is 14.6 Å². The van der Waals surface area contributed by atoms with Crippen molar-refractivity contribution in [2.45, 2.75) is 19.4 Å². The standard InChI is InChI=1S/C15H22N2O3.ClH/c1-17(15(19)9-16-8-11-3-4-11)10-12-5-6-13(18)14(7-12)20-2;/h5-7,11,16,18H,3-4,8-10H2,1-2H3;1H. The fraction of sp³-hybridized carbons (Fsp3) is 0.533. The van der Waals surface area contributed by atoms with Crippen LogP contribution in [0.3, 0.4) is 0 Å². The summed E-state index contributed by atoms with van der Waals surface area (Å²) in [5.41, 5.74) is 0.928. The summed E-state index contributed by atoms with van der Waals surface area (Å²) >= 11 is 0. The number of halogens is 1. The van der Waals surface area contributed by atoms with E-state index in [4.69, 9.17) is 4.74 Å². The van der Waals surface area contributed by atoms with Crippen molar-refractivity contribution in [3.05, 3.63) is 23.8 Å². The number of carbonyl (C=O) groups excluding carboxylic acids is 1. The van der Waals surface area contributed by atoms with Crippen LogP contribution in [0.25, 0.3) is 0 Å². The van der Waals surface area contributed by atoms with Gasteiger partial charge < -0.3 is 20.1 Å². The number of phenols is 1. The Kier molecular flexibility index (Phi) is 6.78. The van der Waals surface area contributed by atoms with Crippen molar-refractivity contribution in [3.8, 4) is 11.5 Å². The first-order chi connectivity index (χ1) is 9.60. The molecule has 118 valence electrons. The molecule has 1 aliphatic rings. The molecule has 1 aliphatic carbocycles. The monoisotopic (exact) mass is 314 g/mol. The Labute approximate surface area is 131 Å². The molecule has 0 bridgehead atoms. The number of methoxy groups -OCH3 is 1. The quantitative estimate of drug-likeness (QED) is 0.805. The highest BCUT2D eigenvalue weighted by atomic mass is 35.5. The number of likely N-dealkylation sites (N-methyl/N-ethyl adjacent to an activating group) is 1. The van der Waals surface area contributed by atoms with Crippen molar-refractivity contribution in [1.29, 1.82) is 0 Å². The smallest absolute Gasteiger partial charge is 0.236 e. The SMILES string of the molecule is COc1cc(CN(C)C(=O)CNCC2CC2)ccc1O.Cl. The first-order valence-corrected chi connectivity index (χ1v) is 6.90. The van der Waals surface area contributed by atoms with Gasteiger partial charge in [0.05, 0.1) is 13.7 Å². The van der Waals surface area contributed by atoms with Crippen LogP contribution in [-0.4, -0.2) is 43.2 Å². The normalized spacial score (nSPS) is 13.4. The molecule has 0 radical (unpaired) electrons. The number of amides is 1. The Hall–Kier alpha value is -1.46. The van der Waals surface area contributed by atoms with E-state index < -0.39 is 0 Å². The second-order valence-electron chi connectivity index (χ2n) is 5.33. The minimum Gasteiger partial charge on any atom is -0.504 e. The highest BCUT2D eigenvalue weighted by Gasteiger charge is 2.21. The van der Waals surface area contributed by atoms with E-state index in [1.165, 1.54) is 20.0 Å². The lowest BCUT2D eigenvalue weighted by molar-refractivity contribution is -0.129. The van der Waals surface area contributed by atoms with Gasteiger partial charge in [-0.15, -0.1) is 12.4 Å². The van der Waals surface area contributed by atoms with Gasteiger partial charge in [-0.1, -0.05) is 6.07 Å². The molecule has 0 spiro atoms. The number of phenolic OH excluding ortho intramolecular Hbond substituents is 1. The molecule has 0 aliphatic heterocycles. The number of ether oxygens (including phenoxy) is 1. The summed E-state index contributed by atoms with van der Waals surface area (Å²) in [6.07, 6.45) is 2.56. The van der Waals surface area contributed by atoms with Gasteiger partial charge in [0.25, 0.3) is 0 Å². The van der Waals surface area contributed by atoms with Crippen LogP contribution in [0.15, 0.2) is 18.2 Å². The lowest BCUT2D eigenvalue weighted by atomic mass is 10.2. The van der Waals surface area contributed by atoms with Gasteiger partial charge in [0, 0.05) is 13.6 Å². The summed E-state index contributed by atoms with van der Waals surface area (Å²) in [6.45, 7) is 1.81. The van der Waals surface area contributed by atoms with Crippen LogP contribution in [-0.2, 0) is 11.3 Å². The minimum atomic E-state index is 0. The molecule has 5 nitrogen and oxygen atoms in total. The Morgan fingerprint density at radius 2 is 2.19 bits per heavy atom. The van der Waals surface area contributed by atoms with Crippen molar-refractivity contribution in [2.24, 2.45) is 5.92 Å². The fourth-order valence-electron chi connectivity index (χ4n) is 2.02. The largest absolute Gasteiger partial charge is 0.504 e. The summed E-state index contributed by atoms with van der Waals surface area (Å²) in [6, 6.07) is 5.12. The molecule has 2 rings (SSSR count). The van der Waals surface area contributed by atoms with E-state index in [0.717, 1.165) is 18.0 Å². The number of rotatable bonds is 7. The van der Waals surface area contributed by atoms with Crippen LogP contribution in [0, 0.1) is 5.92 Å². The minimum absolute atomic E-state index is 0. The number of hydrogen-bond donors (Lipinski definition) is 2. The highest BCUT2D eigenvalue weighted by molar-refractivity contribution is 5.85. The van der Waals surface area contributed by atoms with Gasteiger partial charge in [-0.25, -0.2) is 0 Å². The number of hydrogen-bond acceptors (Lipinski definition) is 4. The molecule has 21 heavy (non-hydrogen) atoms. The average molecular weight is 315 g/mol. The predicted molar refractivity (Wildman–Crippen MR) is 84.0 cm³/mol. The lowest BCUT2D eigenvalue weighted by Crippen LogP contribution is -2.35. The zero-order chi connectivity index (χ0) is 14.5. The highest BCUT2D eigenvalue weighted by Crippen LogP contribution is 2.27. The van der Waals surface area contributed by atoms with E-state index in [0.29, 0.717) is 18.8 Å². The van der Waals surface area contributed by atoms with Gasteiger partial charge in [0.15, 0.2) is 11.5 Å². The topological polar surface area (TPSA) is 61.8 Å². The third-order valence-corrected chi connectivity index (χ3v) is 3.50. The molecule has 1 saturated carbocycles. The van der Waals surface area contributed by atoms with Gasteiger partial charge in [-0.3, -0.25) is 4.79 Å². The summed E-state index contributed by atoms with van der Waals surface area (Å²) < 4.78 is 5.06. The van der Waals surface area contributed by atoms with Gasteiger partial charge in [-0.2, -0.15) is 0 Å². The molecule has 1 amide bonds. The molecule has 1 aromatic carbocycles. The third kappa shape index (κ3) is 5.44. The van der Waals surface area contributed by atoms with Crippen molar-refractivity contribution >= 4 is 18.3 Å². The molecule has 0 unspecified atom stereocenters. The first kappa shape index (κ1) is 17.6. The number of benzene rings is 1. The van der Waals surface area contributed by atoms with Crippen molar-refractivity contribution in [1.82, 2.24) is 10.2 Å². The van der Waals surface area contributed by atoms with Gasteiger partial charge in [0.1, 0.15) is 0 Å². The van der Waals surface area contributed by atoms with Crippen molar-refractivity contribution in [2.75, 3.05) is 27.2 Å². The molecule has 1 aromatic rings. The van der Waals surface area contributed by atoms with Crippen molar-refractivity contribution in [3.63, 3.8) is 0 Å². The maximum Gasteiger partial charge on any atom is 0.236 e. The first-order valence-electron chi connectivity index (χ1n) is 6.90. The predicted octanol–water partition coefficient (Wildman–Crippen LogP) is 1.78. The molecule has 0 atom stereocenters. The molecule has 2 N–H and O–H groups in total. The van der Waals surface area contributed by atoms with Gasteiger partial charge in [-0.05, 0) is 43.0 Å². The van der Waals surface area contributed by atoms with E-state index >= 15 is 0 Å². The molecule has 6 heteroatoms. The van der Waals surface area contributed by atoms with Crippen LogP contribution in [0.2, 0.25) is 0 Å². The van der Waals surface area contributed by atoms with Crippen LogP contribution in [0.5, 0.6) is 11.5 Å². The molecule has 1 fully saturated rings. The zero-order valence-electron chi connectivity index (χ0n) is 12.5. The maximum absolute atomic E-state index is 12.0. The Balaban J connectivity index is 0.00000220. The van der Waals surface area contributed by atoms with Crippen LogP contribution in [0.1, 0.15) is 18.4 Å². The molecule has 0 saturated heterocycles. The molecular weight excluding hydrogens is 292 g/mol. The second kappa shape index (κ2) is 8.10. The van der Waals surface area contributed by atoms with Crippen LogP contribution in [0.4, 0.5) is 0 Å². The Morgan fingerprint density at radius 3 is 2.81 bits per heavy atom. The number of carbonyl (C=O) groups is 1. The van der Waals surface area contributed by atoms with Crippen LogP contribution < -0.4 is 10.1 Å². The number of aromatic hydroxyl groups is 1. The summed E-state index contributed by atoms with van der Waals surface area (Å²) in [5, 5.41) is 12.7. The summed E-state index contributed by atoms with van der Waals surface area (Å²) in [5.74, 6) is 1.37. The average Bonchev–Trinajstić information content (AvgIpc) is 3.24.